The van der Waals surface area contributed by atoms with Crippen molar-refractivity contribution in [2.75, 3.05) is 5.32 Å². The van der Waals surface area contributed by atoms with Gasteiger partial charge in [0.1, 0.15) is 5.00 Å². The van der Waals surface area contributed by atoms with Crippen molar-refractivity contribution >= 4 is 34.1 Å². The molecule has 3 N–H and O–H groups in total. The van der Waals surface area contributed by atoms with Crippen molar-refractivity contribution in [3.63, 3.8) is 0 Å². The Balaban J connectivity index is 1.40. The number of carboxylic acid groups (broad SMARTS) is 1. The highest BCUT2D eigenvalue weighted by Crippen LogP contribution is 2.49. The van der Waals surface area contributed by atoms with Gasteiger partial charge in [0.15, 0.2) is 0 Å². The smallest absolute Gasteiger partial charge is 0.307 e. The number of thiophene rings is 1. The van der Waals surface area contributed by atoms with Crippen molar-refractivity contribution in [2.24, 2.45) is 23.7 Å². The highest BCUT2D eigenvalue weighted by Gasteiger charge is 2.51. The lowest BCUT2D eigenvalue weighted by atomic mass is 9.82. The van der Waals surface area contributed by atoms with Crippen LogP contribution in [0.25, 0.3) is 0 Å². The van der Waals surface area contributed by atoms with Crippen LogP contribution >= 0.6 is 11.3 Å². The third-order valence-electron chi connectivity index (χ3n) is 7.62. The van der Waals surface area contributed by atoms with E-state index in [-0.39, 0.29) is 29.7 Å². The van der Waals surface area contributed by atoms with Gasteiger partial charge in [-0.15, -0.1) is 11.3 Å². The summed E-state index contributed by atoms with van der Waals surface area (Å²) in [6.07, 6.45) is 14.2. The zero-order valence-corrected chi connectivity index (χ0v) is 18.5. The van der Waals surface area contributed by atoms with Crippen molar-refractivity contribution in [1.82, 2.24) is 5.32 Å². The molecule has 0 saturated heterocycles. The number of aliphatic carboxylic acids is 1. The number of hydrogen-bond acceptors (Lipinski definition) is 4. The highest BCUT2D eigenvalue weighted by atomic mass is 32.1. The van der Waals surface area contributed by atoms with Crippen LogP contribution in [0.5, 0.6) is 0 Å². The molecule has 2 fully saturated rings. The topological polar surface area (TPSA) is 95.5 Å². The minimum Gasteiger partial charge on any atom is -0.481 e. The Morgan fingerprint density at radius 1 is 0.935 bits per heavy atom. The van der Waals surface area contributed by atoms with Gasteiger partial charge >= 0.3 is 5.97 Å². The van der Waals surface area contributed by atoms with Crippen LogP contribution in [0.4, 0.5) is 5.00 Å². The zero-order chi connectivity index (χ0) is 21.5. The van der Waals surface area contributed by atoms with Crippen LogP contribution in [-0.4, -0.2) is 28.9 Å². The molecule has 1 heterocycles. The normalized spacial score (nSPS) is 29.5. The van der Waals surface area contributed by atoms with Crippen LogP contribution in [0.3, 0.4) is 0 Å². The summed E-state index contributed by atoms with van der Waals surface area (Å²) in [4.78, 5) is 39.6. The van der Waals surface area contributed by atoms with Crippen LogP contribution in [0, 0.1) is 23.7 Å². The SMILES string of the molecule is O=C(NC1CCCCC1)c1c(NC(=O)[C@H]2[C@H](C(=O)O)[C@H]3C=C[C@H]2C3)sc2c1CCCC2. The number of anilines is 1. The predicted molar refractivity (Wildman–Crippen MR) is 119 cm³/mol. The Morgan fingerprint density at radius 3 is 2.39 bits per heavy atom. The Labute approximate surface area is 186 Å². The third-order valence-corrected chi connectivity index (χ3v) is 8.83. The average Bonchev–Trinajstić information content (AvgIpc) is 3.46. The number of aryl methyl sites for hydroxylation is 1. The van der Waals surface area contributed by atoms with E-state index in [9.17, 15) is 19.5 Å². The first kappa shape index (κ1) is 20.7. The van der Waals surface area contributed by atoms with Gasteiger partial charge in [0.05, 0.1) is 17.4 Å². The van der Waals surface area contributed by atoms with Crippen molar-refractivity contribution < 1.29 is 19.5 Å². The maximum atomic E-state index is 13.3. The molecule has 2 saturated carbocycles. The van der Waals surface area contributed by atoms with Crippen LogP contribution < -0.4 is 10.6 Å². The van der Waals surface area contributed by atoms with Crippen molar-refractivity contribution in [1.29, 1.82) is 0 Å². The molecule has 2 bridgehead atoms. The lowest BCUT2D eigenvalue weighted by Gasteiger charge is -2.25. The summed E-state index contributed by atoms with van der Waals surface area (Å²) in [5.41, 5.74) is 1.71. The highest BCUT2D eigenvalue weighted by molar-refractivity contribution is 7.17. The summed E-state index contributed by atoms with van der Waals surface area (Å²) in [6, 6.07) is 0.205. The number of carboxylic acids is 1. The molecule has 5 rings (SSSR count). The molecule has 0 spiro atoms. The lowest BCUT2D eigenvalue weighted by molar-refractivity contribution is -0.146. The maximum absolute atomic E-state index is 13.3. The molecule has 4 aliphatic carbocycles. The molecule has 4 aliphatic rings. The fourth-order valence-corrected chi connectivity index (χ4v) is 7.40. The first-order valence-corrected chi connectivity index (χ1v) is 12.5. The monoisotopic (exact) mass is 442 g/mol. The Morgan fingerprint density at radius 2 is 1.65 bits per heavy atom. The van der Waals surface area contributed by atoms with E-state index in [0.717, 1.165) is 63.4 Å². The second kappa shape index (κ2) is 8.41. The first-order valence-electron chi connectivity index (χ1n) is 11.7. The van der Waals surface area contributed by atoms with Gasteiger partial charge in [0, 0.05) is 10.9 Å². The zero-order valence-electron chi connectivity index (χ0n) is 17.7. The summed E-state index contributed by atoms with van der Waals surface area (Å²) in [5, 5.41) is 16.6. The molecular weight excluding hydrogens is 412 g/mol. The standard InChI is InChI=1S/C24H30N2O4S/c27-21(18-13-10-11-14(12-13)19(18)24(29)30)26-23-20(16-8-4-5-9-17(16)31-23)22(28)25-15-6-2-1-3-7-15/h10-11,13-15,18-19H,1-9,12H2,(H,25,28)(H,26,27)(H,29,30)/t13-,14-,18+,19+/m0/s1. The van der Waals surface area contributed by atoms with E-state index in [4.69, 9.17) is 0 Å². The van der Waals surface area contributed by atoms with Gasteiger partial charge in [-0.2, -0.15) is 0 Å². The molecule has 0 aromatic carbocycles. The quantitative estimate of drug-likeness (QED) is 0.597. The van der Waals surface area contributed by atoms with Gasteiger partial charge in [-0.3, -0.25) is 14.4 Å². The lowest BCUT2D eigenvalue weighted by Crippen LogP contribution is -2.38. The number of amides is 2. The molecule has 0 aliphatic heterocycles. The van der Waals surface area contributed by atoms with Crippen LogP contribution in [0.1, 0.15) is 72.2 Å². The molecule has 1 aromatic rings. The van der Waals surface area contributed by atoms with Gasteiger partial charge in [0.2, 0.25) is 5.91 Å². The Bertz CT molecular complexity index is 930. The minimum atomic E-state index is -0.905. The maximum Gasteiger partial charge on any atom is 0.307 e. The average molecular weight is 443 g/mol. The predicted octanol–water partition coefficient (Wildman–Crippen LogP) is 4.15. The van der Waals surface area contributed by atoms with Crippen LogP contribution in [0.2, 0.25) is 0 Å². The molecule has 166 valence electrons. The van der Waals surface area contributed by atoms with E-state index < -0.39 is 17.8 Å². The number of fused-ring (bicyclic) bond motifs is 3. The third kappa shape index (κ3) is 3.81. The van der Waals surface area contributed by atoms with Crippen molar-refractivity contribution in [3.05, 3.63) is 28.2 Å². The van der Waals surface area contributed by atoms with Crippen LogP contribution in [-0.2, 0) is 22.4 Å². The van der Waals surface area contributed by atoms with Gasteiger partial charge in [-0.05, 0) is 62.3 Å². The molecule has 6 nitrogen and oxygen atoms in total. The largest absolute Gasteiger partial charge is 0.481 e. The number of hydrogen-bond donors (Lipinski definition) is 3. The van der Waals surface area contributed by atoms with E-state index in [1.807, 2.05) is 12.2 Å². The van der Waals surface area contributed by atoms with E-state index in [0.29, 0.717) is 10.6 Å². The summed E-state index contributed by atoms with van der Waals surface area (Å²) >= 11 is 1.51. The van der Waals surface area contributed by atoms with Gasteiger partial charge < -0.3 is 15.7 Å². The number of allylic oxidation sites excluding steroid dienone is 2. The van der Waals surface area contributed by atoms with E-state index in [1.165, 1.54) is 22.6 Å². The van der Waals surface area contributed by atoms with Crippen molar-refractivity contribution in [3.8, 4) is 0 Å². The molecule has 0 unspecified atom stereocenters. The van der Waals surface area contributed by atoms with E-state index in [1.54, 1.807) is 0 Å². The molecule has 0 radical (unpaired) electrons. The van der Waals surface area contributed by atoms with Crippen LogP contribution in [0.15, 0.2) is 12.2 Å². The number of nitrogens with one attached hydrogen (secondary N) is 2. The summed E-state index contributed by atoms with van der Waals surface area (Å²) in [5.74, 6) is -2.58. The summed E-state index contributed by atoms with van der Waals surface area (Å²) in [7, 11) is 0. The fourth-order valence-electron chi connectivity index (χ4n) is 6.11. The van der Waals surface area contributed by atoms with Gasteiger partial charge in [-0.25, -0.2) is 0 Å². The Hall–Kier alpha value is -2.15. The second-order valence-corrected chi connectivity index (χ2v) is 10.7. The summed E-state index contributed by atoms with van der Waals surface area (Å²) in [6.45, 7) is 0. The molecular formula is C24H30N2O4S. The second-order valence-electron chi connectivity index (χ2n) is 9.55. The number of carbonyl (C=O) groups is 3. The molecule has 31 heavy (non-hydrogen) atoms. The minimum absolute atomic E-state index is 0.0276. The van der Waals surface area contributed by atoms with Gasteiger partial charge in [-0.1, -0.05) is 31.4 Å². The van der Waals surface area contributed by atoms with E-state index in [2.05, 4.69) is 10.6 Å². The van der Waals surface area contributed by atoms with Gasteiger partial charge in [0.25, 0.3) is 5.91 Å². The molecule has 1 aromatic heterocycles. The molecule has 2 amide bonds. The van der Waals surface area contributed by atoms with E-state index >= 15 is 0 Å². The first-order chi connectivity index (χ1) is 15.0. The number of carbonyl (C=O) groups excluding carboxylic acids is 2. The Kier molecular flexibility index (Phi) is 5.63. The summed E-state index contributed by atoms with van der Waals surface area (Å²) < 4.78 is 0. The number of rotatable bonds is 5. The van der Waals surface area contributed by atoms with Crippen molar-refractivity contribution in [2.45, 2.75) is 70.3 Å². The fraction of sp³-hybridized carbons (Fsp3) is 0.625. The molecule has 4 atom stereocenters. The molecule has 7 heteroatoms.